The summed E-state index contributed by atoms with van der Waals surface area (Å²) in [4.78, 5) is 13.5. The lowest BCUT2D eigenvalue weighted by Crippen LogP contribution is -2.22. The highest BCUT2D eigenvalue weighted by molar-refractivity contribution is 5.79. The van der Waals surface area contributed by atoms with E-state index in [1.165, 1.54) is 30.6 Å². The number of nitrogens with zero attached hydrogens (tertiary/aromatic N) is 4. The van der Waals surface area contributed by atoms with Crippen molar-refractivity contribution in [1.82, 2.24) is 15.0 Å². The second-order valence-electron chi connectivity index (χ2n) is 6.44. The molecule has 1 aliphatic rings. The molecular weight excluding hydrogens is 410 g/mol. The molecule has 0 bridgehead atoms. The van der Waals surface area contributed by atoms with Gasteiger partial charge in [-0.1, -0.05) is 6.08 Å². The quantitative estimate of drug-likeness (QED) is 0.494. The molecule has 0 N–H and O–H groups in total. The first-order valence-corrected chi connectivity index (χ1v) is 8.64. The molecule has 154 valence electrons. The number of halogens is 6. The maximum Gasteiger partial charge on any atom is 0.418 e. The number of rotatable bonds is 2. The standard InChI is InChI=1S/C20H12F6N4/c21-19(22,23)13-5-6-17(29-11-13)30-8-2-4-15-16(30)9-12(10-28-15)18-14(20(24,25)26)3-1-7-27-18/h1-7,9-11H,8H2. The van der Waals surface area contributed by atoms with Crippen molar-refractivity contribution in [2.24, 2.45) is 0 Å². The van der Waals surface area contributed by atoms with Gasteiger partial charge in [-0.05, 0) is 36.4 Å². The highest BCUT2D eigenvalue weighted by Crippen LogP contribution is 2.39. The maximum atomic E-state index is 13.4. The molecule has 4 nitrogen and oxygen atoms in total. The van der Waals surface area contributed by atoms with E-state index in [0.717, 1.165) is 12.1 Å². The van der Waals surface area contributed by atoms with Crippen molar-refractivity contribution in [1.29, 1.82) is 0 Å². The van der Waals surface area contributed by atoms with E-state index >= 15 is 0 Å². The molecule has 1 aliphatic heterocycles. The maximum absolute atomic E-state index is 13.4. The van der Waals surface area contributed by atoms with E-state index in [0.29, 0.717) is 17.6 Å². The summed E-state index contributed by atoms with van der Waals surface area (Å²) in [5, 5.41) is 0. The number of pyridine rings is 3. The second kappa shape index (κ2) is 7.12. The van der Waals surface area contributed by atoms with Crippen LogP contribution in [0.5, 0.6) is 0 Å². The summed E-state index contributed by atoms with van der Waals surface area (Å²) in [6.45, 7) is 0.269. The highest BCUT2D eigenvalue weighted by atomic mass is 19.4. The molecule has 0 saturated carbocycles. The topological polar surface area (TPSA) is 41.9 Å². The van der Waals surface area contributed by atoms with E-state index in [4.69, 9.17) is 0 Å². The van der Waals surface area contributed by atoms with Crippen molar-refractivity contribution in [2.75, 3.05) is 11.4 Å². The molecule has 0 aliphatic carbocycles. The van der Waals surface area contributed by atoms with Crippen molar-refractivity contribution in [3.8, 4) is 11.3 Å². The van der Waals surface area contributed by atoms with Crippen LogP contribution in [0.2, 0.25) is 0 Å². The normalized spacial score (nSPS) is 14.0. The summed E-state index contributed by atoms with van der Waals surface area (Å²) in [6.07, 6.45) is -2.46. The van der Waals surface area contributed by atoms with Crippen molar-refractivity contribution in [3.05, 3.63) is 71.8 Å². The van der Waals surface area contributed by atoms with Crippen molar-refractivity contribution >= 4 is 17.6 Å². The molecule has 0 saturated heterocycles. The summed E-state index contributed by atoms with van der Waals surface area (Å²) < 4.78 is 78.5. The lowest BCUT2D eigenvalue weighted by atomic mass is 10.0. The first-order valence-electron chi connectivity index (χ1n) is 8.64. The zero-order valence-electron chi connectivity index (χ0n) is 15.0. The van der Waals surface area contributed by atoms with E-state index in [1.54, 1.807) is 17.1 Å². The van der Waals surface area contributed by atoms with Gasteiger partial charge in [0.1, 0.15) is 5.82 Å². The number of hydrogen-bond donors (Lipinski definition) is 0. The third-order valence-electron chi connectivity index (χ3n) is 4.49. The lowest BCUT2D eigenvalue weighted by Gasteiger charge is -2.27. The summed E-state index contributed by atoms with van der Waals surface area (Å²) in [7, 11) is 0. The van der Waals surface area contributed by atoms with Gasteiger partial charge >= 0.3 is 12.4 Å². The van der Waals surface area contributed by atoms with Crippen LogP contribution in [0.3, 0.4) is 0 Å². The monoisotopic (exact) mass is 422 g/mol. The molecule has 3 aromatic rings. The third-order valence-corrected chi connectivity index (χ3v) is 4.49. The molecule has 10 heteroatoms. The van der Waals surface area contributed by atoms with Crippen LogP contribution in [0.1, 0.15) is 16.8 Å². The van der Waals surface area contributed by atoms with Gasteiger partial charge in [0.2, 0.25) is 0 Å². The molecule has 4 heterocycles. The SMILES string of the molecule is FC(F)(F)c1ccc(N2CC=Cc3ncc(-c4ncccc4C(F)(F)F)cc32)nc1. The predicted octanol–water partition coefficient (Wildman–Crippen LogP) is 5.74. The molecule has 0 unspecified atom stereocenters. The van der Waals surface area contributed by atoms with E-state index in [-0.39, 0.29) is 23.6 Å². The van der Waals surface area contributed by atoms with Crippen molar-refractivity contribution in [2.45, 2.75) is 12.4 Å². The Kier molecular flexibility index (Phi) is 4.71. The van der Waals surface area contributed by atoms with Crippen LogP contribution in [0.25, 0.3) is 17.3 Å². The number of alkyl halides is 6. The van der Waals surface area contributed by atoms with Gasteiger partial charge in [-0.25, -0.2) is 4.98 Å². The number of fused-ring (bicyclic) bond motifs is 1. The summed E-state index contributed by atoms with van der Waals surface area (Å²) in [5.41, 5.74) is -1.08. The Labute approximate surface area is 166 Å². The van der Waals surface area contributed by atoms with Crippen LogP contribution in [-0.4, -0.2) is 21.5 Å². The lowest BCUT2D eigenvalue weighted by molar-refractivity contribution is -0.138. The molecule has 0 radical (unpaired) electrons. The van der Waals surface area contributed by atoms with Crippen LogP contribution in [-0.2, 0) is 12.4 Å². The molecule has 0 amide bonds. The van der Waals surface area contributed by atoms with Gasteiger partial charge in [0.15, 0.2) is 0 Å². The zero-order chi connectivity index (χ0) is 21.5. The Balaban J connectivity index is 1.78. The van der Waals surface area contributed by atoms with Gasteiger partial charge in [0.05, 0.1) is 28.2 Å². The van der Waals surface area contributed by atoms with Crippen LogP contribution >= 0.6 is 0 Å². The van der Waals surface area contributed by atoms with E-state index in [2.05, 4.69) is 15.0 Å². The minimum absolute atomic E-state index is 0.133. The minimum Gasteiger partial charge on any atom is -0.321 e. The van der Waals surface area contributed by atoms with Crippen LogP contribution in [0, 0.1) is 0 Å². The minimum atomic E-state index is -4.60. The fraction of sp³-hybridized carbons (Fsp3) is 0.150. The summed E-state index contributed by atoms with van der Waals surface area (Å²) in [5.74, 6) is 0.213. The van der Waals surface area contributed by atoms with Crippen LogP contribution in [0.15, 0.2) is 55.0 Å². The van der Waals surface area contributed by atoms with Gasteiger partial charge in [-0.15, -0.1) is 0 Å². The van der Waals surface area contributed by atoms with Gasteiger partial charge in [-0.2, -0.15) is 26.3 Å². The molecule has 3 aromatic heterocycles. The number of aromatic nitrogens is 3. The van der Waals surface area contributed by atoms with Crippen LogP contribution < -0.4 is 4.90 Å². The second-order valence-corrected chi connectivity index (χ2v) is 6.44. The zero-order valence-corrected chi connectivity index (χ0v) is 15.0. The smallest absolute Gasteiger partial charge is 0.321 e. The molecule has 0 fully saturated rings. The average Bonchev–Trinajstić information content (AvgIpc) is 2.72. The molecule has 0 spiro atoms. The predicted molar refractivity (Wildman–Crippen MR) is 97.7 cm³/mol. The Morgan fingerprint density at radius 1 is 0.867 bits per heavy atom. The van der Waals surface area contributed by atoms with Crippen LogP contribution in [0.4, 0.5) is 37.8 Å². The summed E-state index contributed by atoms with van der Waals surface area (Å²) >= 11 is 0. The van der Waals surface area contributed by atoms with E-state index < -0.39 is 23.5 Å². The molecule has 0 atom stereocenters. The third kappa shape index (κ3) is 3.72. The van der Waals surface area contributed by atoms with Crippen molar-refractivity contribution in [3.63, 3.8) is 0 Å². The van der Waals surface area contributed by atoms with Crippen molar-refractivity contribution < 1.29 is 26.3 Å². The fourth-order valence-electron chi connectivity index (χ4n) is 3.10. The van der Waals surface area contributed by atoms with E-state index in [9.17, 15) is 26.3 Å². The summed E-state index contributed by atoms with van der Waals surface area (Å²) in [6, 6.07) is 5.71. The Morgan fingerprint density at radius 2 is 1.67 bits per heavy atom. The Hall–Kier alpha value is -3.43. The molecular formula is C20H12F6N4. The van der Waals surface area contributed by atoms with E-state index in [1.807, 2.05) is 0 Å². The first kappa shape index (κ1) is 19.9. The van der Waals surface area contributed by atoms with Gasteiger partial charge in [-0.3, -0.25) is 9.97 Å². The average molecular weight is 422 g/mol. The first-order chi connectivity index (χ1) is 14.1. The Morgan fingerprint density at radius 3 is 2.33 bits per heavy atom. The number of hydrogen-bond acceptors (Lipinski definition) is 4. The largest absolute Gasteiger partial charge is 0.418 e. The van der Waals surface area contributed by atoms with Gasteiger partial charge < -0.3 is 4.90 Å². The molecule has 0 aromatic carbocycles. The fourth-order valence-corrected chi connectivity index (χ4v) is 3.10. The van der Waals surface area contributed by atoms with Gasteiger partial charge in [0, 0.05) is 30.7 Å². The number of anilines is 2. The Bertz CT molecular complexity index is 1100. The highest BCUT2D eigenvalue weighted by Gasteiger charge is 2.35. The molecule has 30 heavy (non-hydrogen) atoms. The van der Waals surface area contributed by atoms with Gasteiger partial charge in [0.25, 0.3) is 0 Å². The molecule has 4 rings (SSSR count).